The summed E-state index contributed by atoms with van der Waals surface area (Å²) in [5, 5.41) is 10.7. The van der Waals surface area contributed by atoms with E-state index in [9.17, 15) is 9.59 Å². The van der Waals surface area contributed by atoms with Crippen molar-refractivity contribution in [1.82, 2.24) is 4.90 Å². The van der Waals surface area contributed by atoms with Crippen molar-refractivity contribution in [3.05, 3.63) is 16.3 Å². The Hall–Kier alpha value is -1.60. The zero-order valence-corrected chi connectivity index (χ0v) is 10.7. The smallest absolute Gasteiger partial charge is 0.325 e. The molecule has 1 aromatic rings. The van der Waals surface area contributed by atoms with Crippen molar-refractivity contribution in [2.75, 3.05) is 20.2 Å². The van der Waals surface area contributed by atoms with Crippen LogP contribution in [0.1, 0.15) is 16.1 Å². The Morgan fingerprint density at radius 1 is 1.61 bits per heavy atom. The average Bonchev–Trinajstić information content (AvgIpc) is 2.95. The summed E-state index contributed by atoms with van der Waals surface area (Å²) in [7, 11) is 1.53. The third kappa shape index (κ3) is 2.19. The van der Waals surface area contributed by atoms with E-state index >= 15 is 0 Å². The standard InChI is InChI=1S/C11H14N2O4S/c1-17-7-4-8(18-5-7)9(14)13-3-2-11(12,6-13)10(15)16/h4-5H,2-3,6,12H2,1H3,(H,15,16). The van der Waals surface area contributed by atoms with Crippen LogP contribution in [0.25, 0.3) is 0 Å². The van der Waals surface area contributed by atoms with Gasteiger partial charge in [0.25, 0.3) is 5.91 Å². The molecule has 7 heteroatoms. The lowest BCUT2D eigenvalue weighted by Crippen LogP contribution is -2.50. The Kier molecular flexibility index (Phi) is 3.27. The van der Waals surface area contributed by atoms with Crippen molar-refractivity contribution in [3.63, 3.8) is 0 Å². The molecule has 2 heterocycles. The summed E-state index contributed by atoms with van der Waals surface area (Å²) >= 11 is 1.27. The molecule has 98 valence electrons. The van der Waals surface area contributed by atoms with Crippen LogP contribution in [0.4, 0.5) is 0 Å². The zero-order valence-electron chi connectivity index (χ0n) is 9.88. The van der Waals surface area contributed by atoms with Crippen molar-refractivity contribution in [3.8, 4) is 5.75 Å². The van der Waals surface area contributed by atoms with Gasteiger partial charge >= 0.3 is 5.97 Å². The fourth-order valence-corrected chi connectivity index (χ4v) is 2.70. The summed E-state index contributed by atoms with van der Waals surface area (Å²) < 4.78 is 5.01. The fraction of sp³-hybridized carbons (Fsp3) is 0.455. The number of carboxylic acid groups (broad SMARTS) is 1. The third-order valence-corrected chi connectivity index (χ3v) is 3.93. The lowest BCUT2D eigenvalue weighted by molar-refractivity contribution is -0.142. The number of aliphatic carboxylic acids is 1. The molecule has 0 spiro atoms. The van der Waals surface area contributed by atoms with E-state index in [1.165, 1.54) is 23.3 Å². The fourth-order valence-electron chi connectivity index (χ4n) is 1.87. The number of amides is 1. The van der Waals surface area contributed by atoms with Gasteiger partial charge in [-0.1, -0.05) is 0 Å². The van der Waals surface area contributed by atoms with Gasteiger partial charge in [0.05, 0.1) is 12.0 Å². The van der Waals surface area contributed by atoms with Crippen LogP contribution in [-0.2, 0) is 4.79 Å². The molecular weight excluding hydrogens is 256 g/mol. The summed E-state index contributed by atoms with van der Waals surface area (Å²) in [6, 6.07) is 1.64. The quantitative estimate of drug-likeness (QED) is 0.828. The van der Waals surface area contributed by atoms with Crippen molar-refractivity contribution in [1.29, 1.82) is 0 Å². The van der Waals surface area contributed by atoms with Gasteiger partial charge in [0, 0.05) is 24.5 Å². The topological polar surface area (TPSA) is 92.9 Å². The van der Waals surface area contributed by atoms with Gasteiger partial charge in [-0.2, -0.15) is 0 Å². The second kappa shape index (κ2) is 4.58. The summed E-state index contributed by atoms with van der Waals surface area (Å²) in [5.41, 5.74) is 4.40. The first-order valence-corrected chi connectivity index (χ1v) is 6.28. The Morgan fingerprint density at radius 3 is 2.83 bits per heavy atom. The highest BCUT2D eigenvalue weighted by atomic mass is 32.1. The minimum atomic E-state index is -1.32. The number of thiophene rings is 1. The van der Waals surface area contributed by atoms with Crippen LogP contribution in [0.2, 0.25) is 0 Å². The van der Waals surface area contributed by atoms with Crippen LogP contribution >= 0.6 is 11.3 Å². The van der Waals surface area contributed by atoms with Crippen LogP contribution in [0.15, 0.2) is 11.4 Å². The molecule has 3 N–H and O–H groups in total. The van der Waals surface area contributed by atoms with Gasteiger partial charge in [0.1, 0.15) is 11.3 Å². The molecule has 0 aromatic carbocycles. The number of carboxylic acids is 1. The van der Waals surface area contributed by atoms with Gasteiger partial charge in [0.15, 0.2) is 0 Å². The van der Waals surface area contributed by atoms with E-state index in [0.29, 0.717) is 17.2 Å². The van der Waals surface area contributed by atoms with Gasteiger partial charge < -0.3 is 20.5 Å². The predicted octanol–water partition coefficient (Wildman–Crippen LogP) is 0.385. The number of nitrogens with two attached hydrogens (primary N) is 1. The van der Waals surface area contributed by atoms with E-state index in [2.05, 4.69) is 0 Å². The van der Waals surface area contributed by atoms with E-state index in [1.54, 1.807) is 11.4 Å². The molecule has 1 saturated heterocycles. The molecule has 6 nitrogen and oxygen atoms in total. The molecule has 1 amide bonds. The van der Waals surface area contributed by atoms with Gasteiger partial charge in [-0.25, -0.2) is 0 Å². The molecule has 1 aromatic heterocycles. The number of carbonyl (C=O) groups is 2. The van der Waals surface area contributed by atoms with E-state index < -0.39 is 11.5 Å². The highest BCUT2D eigenvalue weighted by Gasteiger charge is 2.43. The minimum absolute atomic E-state index is 0.0430. The molecule has 0 aliphatic carbocycles. The second-order valence-electron chi connectivity index (χ2n) is 4.29. The van der Waals surface area contributed by atoms with Crippen LogP contribution in [0, 0.1) is 0 Å². The van der Waals surface area contributed by atoms with Gasteiger partial charge in [-0.3, -0.25) is 9.59 Å². The van der Waals surface area contributed by atoms with Crippen LogP contribution in [0.5, 0.6) is 5.75 Å². The number of likely N-dealkylation sites (tertiary alicyclic amines) is 1. The second-order valence-corrected chi connectivity index (χ2v) is 5.20. The first kappa shape index (κ1) is 12.8. The number of hydrogen-bond acceptors (Lipinski definition) is 5. The van der Waals surface area contributed by atoms with Crippen LogP contribution in [0.3, 0.4) is 0 Å². The Balaban J connectivity index is 2.10. The maximum Gasteiger partial charge on any atom is 0.325 e. The summed E-state index contributed by atoms with van der Waals surface area (Å²) in [6.07, 6.45) is 0.274. The summed E-state index contributed by atoms with van der Waals surface area (Å²) in [4.78, 5) is 25.1. The molecule has 0 radical (unpaired) electrons. The maximum atomic E-state index is 12.1. The van der Waals surface area contributed by atoms with Crippen LogP contribution < -0.4 is 10.5 Å². The molecule has 1 aliphatic heterocycles. The number of carbonyl (C=O) groups excluding carboxylic acids is 1. The largest absolute Gasteiger partial charge is 0.496 e. The summed E-state index contributed by atoms with van der Waals surface area (Å²) in [5.74, 6) is -0.641. The number of ether oxygens (including phenoxy) is 1. The number of rotatable bonds is 3. The van der Waals surface area contributed by atoms with Crippen molar-refractivity contribution in [2.45, 2.75) is 12.0 Å². The first-order valence-electron chi connectivity index (χ1n) is 5.40. The number of hydrogen-bond donors (Lipinski definition) is 2. The average molecular weight is 270 g/mol. The van der Waals surface area contributed by atoms with Crippen molar-refractivity contribution in [2.24, 2.45) is 5.73 Å². The molecule has 1 aliphatic rings. The molecule has 1 unspecified atom stereocenters. The highest BCUT2D eigenvalue weighted by molar-refractivity contribution is 7.12. The third-order valence-electron chi connectivity index (χ3n) is 3.04. The molecule has 1 atom stereocenters. The first-order chi connectivity index (χ1) is 8.46. The summed E-state index contributed by atoms with van der Waals surface area (Å²) in [6.45, 7) is 0.406. The molecule has 1 fully saturated rings. The lowest BCUT2D eigenvalue weighted by atomic mass is 10.0. The number of nitrogens with zero attached hydrogens (tertiary/aromatic N) is 1. The SMILES string of the molecule is COc1csc(C(=O)N2CCC(N)(C(=O)O)C2)c1. The van der Waals surface area contributed by atoms with E-state index in [4.69, 9.17) is 15.6 Å². The Labute approximate surface area is 108 Å². The normalized spacial score (nSPS) is 23.1. The number of methoxy groups -OCH3 is 1. The van der Waals surface area contributed by atoms with Gasteiger partial charge in [-0.05, 0) is 6.42 Å². The monoisotopic (exact) mass is 270 g/mol. The van der Waals surface area contributed by atoms with Gasteiger partial charge in [0.2, 0.25) is 0 Å². The van der Waals surface area contributed by atoms with Gasteiger partial charge in [-0.15, -0.1) is 11.3 Å². The minimum Gasteiger partial charge on any atom is -0.496 e. The highest BCUT2D eigenvalue weighted by Crippen LogP contribution is 2.26. The molecule has 18 heavy (non-hydrogen) atoms. The van der Waals surface area contributed by atoms with Crippen molar-refractivity contribution < 1.29 is 19.4 Å². The molecular formula is C11H14N2O4S. The maximum absolute atomic E-state index is 12.1. The van der Waals surface area contributed by atoms with Crippen LogP contribution in [-0.4, -0.2) is 47.6 Å². The molecule has 0 bridgehead atoms. The van der Waals surface area contributed by atoms with E-state index in [-0.39, 0.29) is 18.9 Å². The molecule has 0 saturated carbocycles. The van der Waals surface area contributed by atoms with E-state index in [0.717, 1.165) is 0 Å². The lowest BCUT2D eigenvalue weighted by Gasteiger charge is -2.19. The Morgan fingerprint density at radius 2 is 2.33 bits per heavy atom. The Bertz CT molecular complexity index is 487. The molecule has 2 rings (SSSR count). The van der Waals surface area contributed by atoms with Crippen molar-refractivity contribution >= 4 is 23.2 Å². The predicted molar refractivity (Wildman–Crippen MR) is 65.9 cm³/mol. The van der Waals surface area contributed by atoms with E-state index in [1.807, 2.05) is 0 Å². The zero-order chi connectivity index (χ0) is 13.3.